The van der Waals surface area contributed by atoms with Gasteiger partial charge in [-0.2, -0.15) is 0 Å². The minimum Gasteiger partial charge on any atom is -0.423 e. The molecule has 186 valence electrons. The Kier molecular flexibility index (Phi) is 4.92. The summed E-state index contributed by atoms with van der Waals surface area (Å²) >= 11 is 0. The maximum atomic E-state index is 14.0. The number of hydrogen-bond donors (Lipinski definition) is 0. The summed E-state index contributed by atoms with van der Waals surface area (Å²) in [5, 5.41) is 0. The largest absolute Gasteiger partial charge is 0.423 e. The number of nitrogens with zero attached hydrogens (tertiary/aromatic N) is 1. The van der Waals surface area contributed by atoms with E-state index in [1.54, 1.807) is 30.3 Å². The van der Waals surface area contributed by atoms with Crippen molar-refractivity contribution in [2.24, 2.45) is 11.8 Å². The van der Waals surface area contributed by atoms with Gasteiger partial charge in [0.15, 0.2) is 0 Å². The standard InChI is InChI=1S/C33H25NO4/c1-18-9-7-16-26(19(18)2)38-33(37)20-10-8-11-21(17-20)34-31(35)29-27-22-12-3-4-13-23(22)28(30(29)32(34)36)25-15-6-5-14-24(25)27/h3-17,27-30H,1-2H3. The summed E-state index contributed by atoms with van der Waals surface area (Å²) in [6.07, 6.45) is 0. The van der Waals surface area contributed by atoms with Gasteiger partial charge in [0.2, 0.25) is 11.8 Å². The van der Waals surface area contributed by atoms with E-state index in [1.165, 1.54) is 4.90 Å². The molecule has 4 aliphatic rings. The second kappa shape index (κ2) is 8.25. The Hall–Kier alpha value is -4.51. The highest BCUT2D eigenvalue weighted by Crippen LogP contribution is 2.61. The van der Waals surface area contributed by atoms with Crippen molar-refractivity contribution >= 4 is 23.5 Å². The van der Waals surface area contributed by atoms with Crippen molar-refractivity contribution in [1.29, 1.82) is 0 Å². The van der Waals surface area contributed by atoms with Crippen LogP contribution in [0.2, 0.25) is 0 Å². The molecule has 1 saturated heterocycles. The van der Waals surface area contributed by atoms with E-state index in [0.29, 0.717) is 11.4 Å². The van der Waals surface area contributed by atoms with Crippen LogP contribution in [0.15, 0.2) is 91.0 Å². The van der Waals surface area contributed by atoms with E-state index in [9.17, 15) is 14.4 Å². The summed E-state index contributed by atoms with van der Waals surface area (Å²) in [5.74, 6) is -1.74. The number of ether oxygens (including phenoxy) is 1. The van der Waals surface area contributed by atoms with Gasteiger partial charge in [-0.05, 0) is 71.5 Å². The quantitative estimate of drug-likeness (QED) is 0.199. The summed E-state index contributed by atoms with van der Waals surface area (Å²) in [5.41, 5.74) is 7.12. The highest BCUT2D eigenvalue weighted by molar-refractivity contribution is 6.23. The predicted octanol–water partition coefficient (Wildman–Crippen LogP) is 5.92. The van der Waals surface area contributed by atoms with Gasteiger partial charge < -0.3 is 4.74 Å². The van der Waals surface area contributed by atoms with Crippen LogP contribution < -0.4 is 9.64 Å². The number of amides is 2. The Balaban J connectivity index is 1.26. The van der Waals surface area contributed by atoms with Gasteiger partial charge in [0.05, 0.1) is 23.1 Å². The van der Waals surface area contributed by atoms with Crippen LogP contribution in [-0.2, 0) is 9.59 Å². The van der Waals surface area contributed by atoms with Crippen LogP contribution in [0.5, 0.6) is 5.75 Å². The van der Waals surface area contributed by atoms with Crippen LogP contribution >= 0.6 is 0 Å². The maximum absolute atomic E-state index is 14.0. The molecule has 0 spiro atoms. The molecule has 8 rings (SSSR count). The molecule has 4 aromatic rings. The number of esters is 1. The van der Waals surface area contributed by atoms with Crippen LogP contribution in [0, 0.1) is 25.7 Å². The van der Waals surface area contributed by atoms with Crippen LogP contribution in [0.4, 0.5) is 5.69 Å². The molecule has 2 bridgehead atoms. The van der Waals surface area contributed by atoms with Crippen molar-refractivity contribution in [3.63, 3.8) is 0 Å². The first-order valence-electron chi connectivity index (χ1n) is 12.9. The molecular formula is C33H25NO4. The minimum atomic E-state index is -0.531. The second-order valence-corrected chi connectivity index (χ2v) is 10.4. The Morgan fingerprint density at radius 3 is 1.76 bits per heavy atom. The van der Waals surface area contributed by atoms with Gasteiger partial charge in [0, 0.05) is 11.8 Å². The first-order valence-corrected chi connectivity index (χ1v) is 12.9. The monoisotopic (exact) mass is 499 g/mol. The zero-order chi connectivity index (χ0) is 26.1. The van der Waals surface area contributed by atoms with Crippen molar-refractivity contribution in [3.05, 3.63) is 130 Å². The molecule has 2 unspecified atom stereocenters. The van der Waals surface area contributed by atoms with Gasteiger partial charge in [-0.3, -0.25) is 9.59 Å². The highest BCUT2D eigenvalue weighted by Gasteiger charge is 2.61. The third-order valence-electron chi connectivity index (χ3n) is 8.55. The molecule has 0 N–H and O–H groups in total. The SMILES string of the molecule is Cc1cccc(OC(=O)c2cccc(N3C(=O)C4C5c6ccccc6C(c6ccccc65)C4C3=O)c2)c1C. The average molecular weight is 500 g/mol. The van der Waals surface area contributed by atoms with Gasteiger partial charge in [-0.25, -0.2) is 9.69 Å². The lowest BCUT2D eigenvalue weighted by Gasteiger charge is -2.45. The molecule has 2 atom stereocenters. The van der Waals surface area contributed by atoms with Crippen LogP contribution in [0.1, 0.15) is 55.6 Å². The molecule has 4 aromatic carbocycles. The lowest BCUT2D eigenvalue weighted by atomic mass is 9.55. The van der Waals surface area contributed by atoms with E-state index in [-0.39, 0.29) is 29.2 Å². The molecule has 1 fully saturated rings. The molecule has 5 heteroatoms. The molecule has 1 heterocycles. The third-order valence-corrected chi connectivity index (χ3v) is 8.55. The van der Waals surface area contributed by atoms with Gasteiger partial charge in [0.25, 0.3) is 0 Å². The lowest BCUT2D eigenvalue weighted by molar-refractivity contribution is -0.122. The molecule has 38 heavy (non-hydrogen) atoms. The molecule has 3 aliphatic carbocycles. The molecule has 0 aromatic heterocycles. The normalized spacial score (nSPS) is 22.6. The van der Waals surface area contributed by atoms with Crippen LogP contribution in [0.25, 0.3) is 0 Å². The Labute approximate surface area is 220 Å². The number of benzene rings is 4. The molecular weight excluding hydrogens is 474 g/mol. The number of carbonyl (C=O) groups excluding carboxylic acids is 3. The van der Waals surface area contributed by atoms with E-state index in [2.05, 4.69) is 24.3 Å². The highest BCUT2D eigenvalue weighted by atomic mass is 16.5. The van der Waals surface area contributed by atoms with E-state index in [0.717, 1.165) is 33.4 Å². The number of carbonyl (C=O) groups is 3. The number of anilines is 1. The minimum absolute atomic E-state index is 0.170. The van der Waals surface area contributed by atoms with Crippen molar-refractivity contribution in [1.82, 2.24) is 0 Å². The number of aryl methyl sites for hydroxylation is 1. The topological polar surface area (TPSA) is 63.7 Å². The average Bonchev–Trinajstić information content (AvgIpc) is 3.21. The summed E-state index contributed by atoms with van der Waals surface area (Å²) in [6.45, 7) is 3.86. The summed E-state index contributed by atoms with van der Waals surface area (Å²) < 4.78 is 5.68. The first kappa shape index (κ1) is 22.7. The zero-order valence-electron chi connectivity index (χ0n) is 21.0. The van der Waals surface area contributed by atoms with E-state index >= 15 is 0 Å². The number of hydrogen-bond acceptors (Lipinski definition) is 4. The van der Waals surface area contributed by atoms with E-state index < -0.39 is 17.8 Å². The van der Waals surface area contributed by atoms with Crippen molar-refractivity contribution in [2.75, 3.05) is 4.90 Å². The van der Waals surface area contributed by atoms with Crippen LogP contribution in [-0.4, -0.2) is 17.8 Å². The molecule has 2 amide bonds. The Morgan fingerprint density at radius 1 is 0.684 bits per heavy atom. The lowest BCUT2D eigenvalue weighted by Crippen LogP contribution is -2.41. The molecule has 1 aliphatic heterocycles. The predicted molar refractivity (Wildman–Crippen MR) is 143 cm³/mol. The van der Waals surface area contributed by atoms with Gasteiger partial charge >= 0.3 is 5.97 Å². The van der Waals surface area contributed by atoms with Crippen molar-refractivity contribution in [2.45, 2.75) is 25.7 Å². The van der Waals surface area contributed by atoms with E-state index in [4.69, 9.17) is 4.74 Å². The molecule has 5 nitrogen and oxygen atoms in total. The maximum Gasteiger partial charge on any atom is 0.343 e. The van der Waals surface area contributed by atoms with Gasteiger partial charge in [-0.15, -0.1) is 0 Å². The fourth-order valence-corrected chi connectivity index (χ4v) is 6.70. The summed E-state index contributed by atoms with van der Waals surface area (Å²) in [4.78, 5) is 42.4. The zero-order valence-corrected chi connectivity index (χ0v) is 21.0. The third kappa shape index (κ3) is 3.08. The summed E-state index contributed by atoms with van der Waals surface area (Å²) in [7, 11) is 0. The second-order valence-electron chi connectivity index (χ2n) is 10.4. The first-order chi connectivity index (χ1) is 18.5. The van der Waals surface area contributed by atoms with Gasteiger partial charge in [-0.1, -0.05) is 66.7 Å². The fourth-order valence-electron chi connectivity index (χ4n) is 6.70. The van der Waals surface area contributed by atoms with E-state index in [1.807, 2.05) is 50.2 Å². The fraction of sp³-hybridized carbons (Fsp3) is 0.182. The van der Waals surface area contributed by atoms with Crippen LogP contribution in [0.3, 0.4) is 0 Å². The Morgan fingerprint density at radius 2 is 1.21 bits per heavy atom. The molecule has 0 radical (unpaired) electrons. The number of imide groups is 1. The Bertz CT molecular complexity index is 1560. The van der Waals surface area contributed by atoms with Crippen molar-refractivity contribution in [3.8, 4) is 5.75 Å². The molecule has 0 saturated carbocycles. The number of rotatable bonds is 3. The van der Waals surface area contributed by atoms with Crippen molar-refractivity contribution < 1.29 is 19.1 Å². The summed E-state index contributed by atoms with van der Waals surface area (Å²) in [6, 6.07) is 28.5. The smallest absolute Gasteiger partial charge is 0.343 e. The van der Waals surface area contributed by atoms with Gasteiger partial charge in [0.1, 0.15) is 5.75 Å².